The molecule has 0 fully saturated rings. The van der Waals surface area contributed by atoms with Gasteiger partial charge in [0.15, 0.2) is 0 Å². The van der Waals surface area contributed by atoms with Gasteiger partial charge in [-0.2, -0.15) is 13.2 Å². The molecule has 3 N–H and O–H groups in total. The summed E-state index contributed by atoms with van der Waals surface area (Å²) in [7, 11) is 1.34. The smallest absolute Gasteiger partial charge is 0.374 e. The number of urea groups is 1. The van der Waals surface area contributed by atoms with Gasteiger partial charge in [0.1, 0.15) is 11.6 Å². The molecule has 10 heteroatoms. The van der Waals surface area contributed by atoms with Crippen molar-refractivity contribution in [1.82, 2.24) is 20.2 Å². The molecule has 0 aliphatic heterocycles. The second-order valence-electron chi connectivity index (χ2n) is 5.71. The molecule has 2 aromatic rings. The first-order valence-electron chi connectivity index (χ1n) is 7.66. The van der Waals surface area contributed by atoms with Gasteiger partial charge in [-0.1, -0.05) is 12.1 Å². The van der Waals surface area contributed by atoms with Crippen molar-refractivity contribution in [3.05, 3.63) is 53.9 Å². The first kappa shape index (κ1) is 19.7. The monoisotopic (exact) mass is 374 g/mol. The highest BCUT2D eigenvalue weighted by molar-refractivity contribution is 5.73. The van der Waals surface area contributed by atoms with Gasteiger partial charge >= 0.3 is 12.2 Å². The average Bonchev–Trinajstić information content (AvgIpc) is 2.99. The quantitative estimate of drug-likeness (QED) is 0.679. The molecule has 142 valence electrons. The van der Waals surface area contributed by atoms with E-state index in [1.54, 1.807) is 0 Å². The molecular formula is C16H18F4N4O2. The van der Waals surface area contributed by atoms with Gasteiger partial charge in [-0.15, -0.1) is 0 Å². The zero-order valence-electron chi connectivity index (χ0n) is 13.8. The first-order chi connectivity index (χ1) is 12.1. The summed E-state index contributed by atoms with van der Waals surface area (Å²) in [5, 5.41) is 14.8. The highest BCUT2D eigenvalue weighted by Gasteiger charge is 2.57. The number of carbonyl (C=O) groups excluding carboxylic acids is 1. The van der Waals surface area contributed by atoms with Gasteiger partial charge in [-0.3, -0.25) is 0 Å². The number of aryl methyl sites for hydroxylation is 1. The summed E-state index contributed by atoms with van der Waals surface area (Å²) in [5.74, 6) is -0.975. The van der Waals surface area contributed by atoms with Crippen LogP contribution in [-0.2, 0) is 19.2 Å². The summed E-state index contributed by atoms with van der Waals surface area (Å²) in [6.45, 7) is -0.354. The topological polar surface area (TPSA) is 79.2 Å². The number of hydrogen-bond donors (Lipinski definition) is 3. The highest BCUT2D eigenvalue weighted by Crippen LogP contribution is 2.40. The summed E-state index contributed by atoms with van der Waals surface area (Å²) in [6, 6.07) is 4.69. The third-order valence-electron chi connectivity index (χ3n) is 3.80. The number of aliphatic hydroxyl groups is 1. The van der Waals surface area contributed by atoms with Crippen molar-refractivity contribution >= 4 is 6.03 Å². The van der Waals surface area contributed by atoms with E-state index in [2.05, 4.69) is 15.6 Å². The van der Waals surface area contributed by atoms with Crippen LogP contribution < -0.4 is 10.6 Å². The van der Waals surface area contributed by atoms with Crippen LogP contribution >= 0.6 is 0 Å². The van der Waals surface area contributed by atoms with E-state index < -0.39 is 42.4 Å². The normalized spacial score (nSPS) is 13.9. The second kappa shape index (κ2) is 7.73. The molecule has 1 atom stereocenters. The predicted octanol–water partition coefficient (Wildman–Crippen LogP) is 2.20. The van der Waals surface area contributed by atoms with Crippen LogP contribution in [0.2, 0.25) is 0 Å². The number of carbonyl (C=O) groups is 1. The minimum Gasteiger partial charge on any atom is -0.374 e. The van der Waals surface area contributed by atoms with Crippen LogP contribution in [0.5, 0.6) is 0 Å². The van der Waals surface area contributed by atoms with Gasteiger partial charge in [-0.05, 0) is 17.7 Å². The largest absolute Gasteiger partial charge is 0.424 e. The molecule has 6 nitrogen and oxygen atoms in total. The average molecular weight is 374 g/mol. The molecule has 1 aromatic heterocycles. The molecule has 0 aliphatic rings. The van der Waals surface area contributed by atoms with Crippen LogP contribution in [-0.4, -0.2) is 33.4 Å². The molecule has 0 radical (unpaired) electrons. The molecule has 0 bridgehead atoms. The predicted molar refractivity (Wildman–Crippen MR) is 84.4 cm³/mol. The molecule has 1 aromatic carbocycles. The SMILES string of the molecule is Cn1ccnc1[C@@](O)(CCNC(=O)NCc1ccc(F)cc1)C(F)(F)F. The Morgan fingerprint density at radius 2 is 1.88 bits per heavy atom. The number of aromatic nitrogens is 2. The minimum absolute atomic E-state index is 0.0784. The number of imidazole rings is 1. The maximum atomic E-state index is 13.3. The Hall–Kier alpha value is -2.62. The maximum Gasteiger partial charge on any atom is 0.424 e. The molecule has 2 amide bonds. The fraction of sp³-hybridized carbons (Fsp3) is 0.375. The van der Waals surface area contributed by atoms with Crippen LogP contribution in [0.25, 0.3) is 0 Å². The Balaban J connectivity index is 1.90. The Morgan fingerprint density at radius 3 is 2.42 bits per heavy atom. The van der Waals surface area contributed by atoms with E-state index in [1.807, 2.05) is 0 Å². The number of alkyl halides is 3. The molecule has 0 unspecified atom stereocenters. The lowest BCUT2D eigenvalue weighted by Crippen LogP contribution is -2.47. The lowest BCUT2D eigenvalue weighted by atomic mass is 9.97. The molecule has 0 spiro atoms. The van der Waals surface area contributed by atoms with Crippen LogP contribution in [0.15, 0.2) is 36.7 Å². The number of benzene rings is 1. The van der Waals surface area contributed by atoms with Crippen LogP contribution in [0.3, 0.4) is 0 Å². The van der Waals surface area contributed by atoms with Crippen LogP contribution in [0, 0.1) is 5.82 Å². The highest BCUT2D eigenvalue weighted by atomic mass is 19.4. The summed E-state index contributed by atoms with van der Waals surface area (Å²) < 4.78 is 53.8. The fourth-order valence-electron chi connectivity index (χ4n) is 2.35. The minimum atomic E-state index is -4.96. The van der Waals surface area contributed by atoms with Gasteiger partial charge < -0.3 is 20.3 Å². The molecule has 0 saturated carbocycles. The fourth-order valence-corrected chi connectivity index (χ4v) is 2.35. The van der Waals surface area contributed by atoms with E-state index in [0.29, 0.717) is 5.56 Å². The Kier molecular flexibility index (Phi) is 5.86. The van der Waals surface area contributed by atoms with E-state index in [9.17, 15) is 27.5 Å². The lowest BCUT2D eigenvalue weighted by molar-refractivity contribution is -0.272. The molecule has 0 saturated heterocycles. The Labute approximate surface area is 146 Å². The number of amides is 2. The Bertz CT molecular complexity index is 745. The second-order valence-corrected chi connectivity index (χ2v) is 5.71. The molecule has 26 heavy (non-hydrogen) atoms. The van der Waals surface area contributed by atoms with Crippen molar-refractivity contribution in [1.29, 1.82) is 0 Å². The van der Waals surface area contributed by atoms with Crippen molar-refractivity contribution in [3.63, 3.8) is 0 Å². The van der Waals surface area contributed by atoms with Gasteiger partial charge in [0.2, 0.25) is 5.60 Å². The third kappa shape index (κ3) is 4.51. The van der Waals surface area contributed by atoms with Crippen molar-refractivity contribution in [2.24, 2.45) is 7.05 Å². The van der Waals surface area contributed by atoms with Gasteiger partial charge in [0, 0.05) is 39.0 Å². The maximum absolute atomic E-state index is 13.3. The van der Waals surface area contributed by atoms with E-state index in [4.69, 9.17) is 0 Å². The number of nitrogens with zero attached hydrogens (tertiary/aromatic N) is 2. The summed E-state index contributed by atoms with van der Waals surface area (Å²) in [6.07, 6.45) is -3.33. The van der Waals surface area contributed by atoms with Gasteiger partial charge in [0.05, 0.1) is 0 Å². The lowest BCUT2D eigenvalue weighted by Gasteiger charge is -2.29. The zero-order chi connectivity index (χ0) is 19.4. The third-order valence-corrected chi connectivity index (χ3v) is 3.80. The summed E-state index contributed by atoms with van der Waals surface area (Å²) in [4.78, 5) is 15.3. The number of hydrogen-bond acceptors (Lipinski definition) is 3. The van der Waals surface area contributed by atoms with E-state index in [0.717, 1.165) is 10.8 Å². The Morgan fingerprint density at radius 1 is 1.23 bits per heavy atom. The van der Waals surface area contributed by atoms with Crippen molar-refractivity contribution in [2.45, 2.75) is 24.7 Å². The molecule has 0 aliphatic carbocycles. The molecule has 2 rings (SSSR count). The van der Waals surface area contributed by atoms with E-state index in [1.165, 1.54) is 37.5 Å². The van der Waals surface area contributed by atoms with Gasteiger partial charge in [0.25, 0.3) is 0 Å². The van der Waals surface area contributed by atoms with Gasteiger partial charge in [-0.25, -0.2) is 14.2 Å². The van der Waals surface area contributed by atoms with E-state index in [-0.39, 0.29) is 6.54 Å². The zero-order valence-corrected chi connectivity index (χ0v) is 13.8. The van der Waals surface area contributed by atoms with E-state index >= 15 is 0 Å². The first-order valence-corrected chi connectivity index (χ1v) is 7.66. The number of rotatable bonds is 6. The summed E-state index contributed by atoms with van der Waals surface area (Å²) in [5.41, 5.74) is -2.56. The summed E-state index contributed by atoms with van der Waals surface area (Å²) >= 11 is 0. The molecule has 1 heterocycles. The standard InChI is InChI=1S/C16H18F4N4O2/c1-24-9-8-21-13(24)15(26,16(18,19)20)6-7-22-14(25)23-10-11-2-4-12(17)5-3-11/h2-5,8-9,26H,6-7,10H2,1H3,(H2,22,23,25)/t15-/m0/s1. The molecular weight excluding hydrogens is 356 g/mol. The van der Waals surface area contributed by atoms with Crippen molar-refractivity contribution < 1.29 is 27.5 Å². The number of nitrogens with one attached hydrogen (secondary N) is 2. The van der Waals surface area contributed by atoms with Crippen molar-refractivity contribution in [3.8, 4) is 0 Å². The number of halogens is 4. The van der Waals surface area contributed by atoms with Crippen LogP contribution in [0.4, 0.5) is 22.4 Å². The van der Waals surface area contributed by atoms with Crippen LogP contribution in [0.1, 0.15) is 17.8 Å². The van der Waals surface area contributed by atoms with Crippen molar-refractivity contribution in [2.75, 3.05) is 6.54 Å².